The lowest BCUT2D eigenvalue weighted by Crippen LogP contribution is -2.40. The Labute approximate surface area is 119 Å². The van der Waals surface area contributed by atoms with Gasteiger partial charge in [0.2, 0.25) is 0 Å². The third kappa shape index (κ3) is 4.18. The maximum absolute atomic E-state index is 12.9. The van der Waals surface area contributed by atoms with Gasteiger partial charge in [-0.2, -0.15) is 0 Å². The Kier molecular flexibility index (Phi) is 4.76. The molecule has 0 heterocycles. The van der Waals surface area contributed by atoms with Gasteiger partial charge in [-0.3, -0.25) is 0 Å². The number of urea groups is 1. The number of aliphatic hydroxyl groups excluding tert-OH is 1. The van der Waals surface area contributed by atoms with E-state index in [0.717, 1.165) is 12.8 Å². The van der Waals surface area contributed by atoms with E-state index in [2.05, 4.69) is 26.6 Å². The van der Waals surface area contributed by atoms with Gasteiger partial charge in [-0.05, 0) is 59.8 Å². The van der Waals surface area contributed by atoms with Crippen molar-refractivity contribution in [1.29, 1.82) is 0 Å². The van der Waals surface area contributed by atoms with Gasteiger partial charge in [-0.15, -0.1) is 0 Å². The number of amides is 2. The normalized spacial score (nSPS) is 22.9. The maximum atomic E-state index is 12.9. The van der Waals surface area contributed by atoms with Crippen LogP contribution < -0.4 is 10.6 Å². The van der Waals surface area contributed by atoms with Crippen LogP contribution in [0.4, 0.5) is 14.9 Å². The summed E-state index contributed by atoms with van der Waals surface area (Å²) in [5, 5.41) is 14.9. The van der Waals surface area contributed by atoms with Crippen LogP contribution in [0.25, 0.3) is 0 Å². The van der Waals surface area contributed by atoms with E-state index < -0.39 is 0 Å². The Morgan fingerprint density at radius 1 is 1.32 bits per heavy atom. The minimum absolute atomic E-state index is 0.0858. The second-order valence-electron chi connectivity index (χ2n) is 4.73. The SMILES string of the molecule is O=C(Nc1ccc(F)cc1Br)NC1CCC(O)CC1. The molecule has 19 heavy (non-hydrogen) atoms. The monoisotopic (exact) mass is 330 g/mol. The van der Waals surface area contributed by atoms with Gasteiger partial charge >= 0.3 is 6.03 Å². The van der Waals surface area contributed by atoms with E-state index in [-0.39, 0.29) is 24.0 Å². The van der Waals surface area contributed by atoms with Crippen LogP contribution >= 0.6 is 15.9 Å². The Bertz CT molecular complexity index is 462. The van der Waals surface area contributed by atoms with Crippen molar-refractivity contribution in [2.75, 3.05) is 5.32 Å². The van der Waals surface area contributed by atoms with Crippen LogP contribution in [0.5, 0.6) is 0 Å². The summed E-state index contributed by atoms with van der Waals surface area (Å²) in [7, 11) is 0. The zero-order chi connectivity index (χ0) is 13.8. The van der Waals surface area contributed by atoms with E-state index in [1.807, 2.05) is 0 Å². The molecular weight excluding hydrogens is 315 g/mol. The first-order valence-corrected chi connectivity index (χ1v) is 7.04. The summed E-state index contributed by atoms with van der Waals surface area (Å²) in [5.41, 5.74) is 0.523. The molecule has 1 aliphatic rings. The third-order valence-corrected chi connectivity index (χ3v) is 3.87. The van der Waals surface area contributed by atoms with Crippen molar-refractivity contribution in [1.82, 2.24) is 5.32 Å². The zero-order valence-electron chi connectivity index (χ0n) is 10.3. The molecule has 0 unspecified atom stereocenters. The molecule has 0 radical (unpaired) electrons. The van der Waals surface area contributed by atoms with Crippen molar-refractivity contribution in [3.63, 3.8) is 0 Å². The fourth-order valence-electron chi connectivity index (χ4n) is 2.15. The van der Waals surface area contributed by atoms with E-state index in [1.54, 1.807) is 0 Å². The van der Waals surface area contributed by atoms with E-state index in [1.165, 1.54) is 18.2 Å². The molecule has 0 aliphatic heterocycles. The summed E-state index contributed by atoms with van der Waals surface area (Å²) in [5.74, 6) is -0.362. The van der Waals surface area contributed by atoms with Crippen LogP contribution in [0.1, 0.15) is 25.7 Å². The van der Waals surface area contributed by atoms with Crippen molar-refractivity contribution in [2.24, 2.45) is 0 Å². The Hall–Kier alpha value is -1.14. The molecule has 6 heteroatoms. The fraction of sp³-hybridized carbons (Fsp3) is 0.462. The van der Waals surface area contributed by atoms with Gasteiger partial charge in [-0.25, -0.2) is 9.18 Å². The number of carbonyl (C=O) groups is 1. The summed E-state index contributed by atoms with van der Waals surface area (Å²) in [6.07, 6.45) is 2.74. The van der Waals surface area contributed by atoms with Crippen LogP contribution in [0, 0.1) is 5.82 Å². The second-order valence-corrected chi connectivity index (χ2v) is 5.58. The number of rotatable bonds is 2. The number of hydrogen-bond donors (Lipinski definition) is 3. The number of carbonyl (C=O) groups excluding carboxylic acids is 1. The Morgan fingerprint density at radius 2 is 2.00 bits per heavy atom. The van der Waals surface area contributed by atoms with Gasteiger partial charge in [0.25, 0.3) is 0 Å². The number of benzene rings is 1. The van der Waals surface area contributed by atoms with Crippen LogP contribution in [-0.4, -0.2) is 23.3 Å². The van der Waals surface area contributed by atoms with Gasteiger partial charge in [-0.1, -0.05) is 0 Å². The lowest BCUT2D eigenvalue weighted by atomic mass is 9.93. The molecule has 0 saturated heterocycles. The molecule has 1 aromatic carbocycles. The lowest BCUT2D eigenvalue weighted by Gasteiger charge is -2.26. The van der Waals surface area contributed by atoms with E-state index in [9.17, 15) is 14.3 Å². The predicted octanol–water partition coefficient (Wildman–Crippen LogP) is 3.01. The number of anilines is 1. The average molecular weight is 331 g/mol. The minimum atomic E-state index is -0.362. The van der Waals surface area contributed by atoms with Crippen LogP contribution in [0.15, 0.2) is 22.7 Å². The number of hydrogen-bond acceptors (Lipinski definition) is 2. The molecular formula is C13H16BrFN2O2. The van der Waals surface area contributed by atoms with Crippen molar-refractivity contribution >= 4 is 27.6 Å². The Morgan fingerprint density at radius 3 is 2.63 bits per heavy atom. The molecule has 3 N–H and O–H groups in total. The molecule has 1 saturated carbocycles. The highest BCUT2D eigenvalue weighted by atomic mass is 79.9. The molecule has 0 atom stereocenters. The van der Waals surface area contributed by atoms with Crippen molar-refractivity contribution in [3.8, 4) is 0 Å². The highest BCUT2D eigenvalue weighted by Gasteiger charge is 2.20. The molecule has 1 aromatic rings. The van der Waals surface area contributed by atoms with Crippen LogP contribution in [0.2, 0.25) is 0 Å². The van der Waals surface area contributed by atoms with E-state index in [0.29, 0.717) is 23.0 Å². The third-order valence-electron chi connectivity index (χ3n) is 3.21. The first-order valence-electron chi connectivity index (χ1n) is 6.25. The molecule has 104 valence electrons. The van der Waals surface area contributed by atoms with Gasteiger partial charge < -0.3 is 15.7 Å². The van der Waals surface area contributed by atoms with Gasteiger partial charge in [0.15, 0.2) is 0 Å². The fourth-order valence-corrected chi connectivity index (χ4v) is 2.60. The second kappa shape index (κ2) is 6.34. The zero-order valence-corrected chi connectivity index (χ0v) is 11.9. The largest absolute Gasteiger partial charge is 0.393 e. The van der Waals surface area contributed by atoms with Crippen molar-refractivity contribution in [2.45, 2.75) is 37.8 Å². The van der Waals surface area contributed by atoms with Crippen LogP contribution in [0.3, 0.4) is 0 Å². The number of nitrogens with one attached hydrogen (secondary N) is 2. The minimum Gasteiger partial charge on any atom is -0.393 e. The molecule has 0 spiro atoms. The molecule has 2 rings (SSSR count). The standard InChI is InChI=1S/C13H16BrFN2O2/c14-11-7-8(15)1-6-12(11)17-13(19)16-9-2-4-10(18)5-3-9/h1,6-7,9-10,18H,2-5H2,(H2,16,17,19). The topological polar surface area (TPSA) is 61.4 Å². The molecule has 1 aliphatic carbocycles. The lowest BCUT2D eigenvalue weighted by molar-refractivity contribution is 0.118. The maximum Gasteiger partial charge on any atom is 0.319 e. The Balaban J connectivity index is 1.87. The highest BCUT2D eigenvalue weighted by molar-refractivity contribution is 9.10. The highest BCUT2D eigenvalue weighted by Crippen LogP contribution is 2.23. The van der Waals surface area contributed by atoms with Gasteiger partial charge in [0, 0.05) is 10.5 Å². The summed E-state index contributed by atoms with van der Waals surface area (Å²) in [4.78, 5) is 11.8. The molecule has 0 aromatic heterocycles. The first kappa shape index (κ1) is 14.3. The predicted molar refractivity (Wildman–Crippen MR) is 74.5 cm³/mol. The molecule has 2 amide bonds. The molecule has 0 bridgehead atoms. The molecule has 1 fully saturated rings. The summed E-state index contributed by atoms with van der Waals surface area (Å²) in [6, 6.07) is 3.87. The summed E-state index contributed by atoms with van der Waals surface area (Å²) < 4.78 is 13.4. The number of halogens is 2. The van der Waals surface area contributed by atoms with Gasteiger partial charge in [0.1, 0.15) is 5.82 Å². The summed E-state index contributed by atoms with van der Waals surface area (Å²) >= 11 is 3.19. The average Bonchev–Trinajstić information content (AvgIpc) is 2.36. The first-order chi connectivity index (χ1) is 9.04. The quantitative estimate of drug-likeness (QED) is 0.780. The smallest absolute Gasteiger partial charge is 0.319 e. The van der Waals surface area contributed by atoms with E-state index in [4.69, 9.17) is 0 Å². The molecule has 4 nitrogen and oxygen atoms in total. The summed E-state index contributed by atoms with van der Waals surface area (Å²) in [6.45, 7) is 0. The van der Waals surface area contributed by atoms with Gasteiger partial charge in [0.05, 0.1) is 11.8 Å². The van der Waals surface area contributed by atoms with Crippen LogP contribution in [-0.2, 0) is 0 Å². The van der Waals surface area contributed by atoms with Crippen molar-refractivity contribution < 1.29 is 14.3 Å². The van der Waals surface area contributed by atoms with E-state index >= 15 is 0 Å². The van der Waals surface area contributed by atoms with Crippen molar-refractivity contribution in [3.05, 3.63) is 28.5 Å². The number of aliphatic hydroxyl groups is 1.